The lowest BCUT2D eigenvalue weighted by Crippen LogP contribution is -2.39. The van der Waals surface area contributed by atoms with Crippen molar-refractivity contribution in [2.24, 2.45) is 10.8 Å². The minimum absolute atomic E-state index is 0.0804. The van der Waals surface area contributed by atoms with Crippen molar-refractivity contribution < 1.29 is 23.9 Å². The third kappa shape index (κ3) is 14.4. The van der Waals surface area contributed by atoms with E-state index in [1.807, 2.05) is 30.3 Å². The first kappa shape index (κ1) is 29.3. The van der Waals surface area contributed by atoms with E-state index in [1.165, 1.54) is 0 Å². The van der Waals surface area contributed by atoms with Crippen molar-refractivity contribution in [1.29, 1.82) is 0 Å². The molecule has 0 spiro atoms. The predicted octanol–water partition coefficient (Wildman–Crippen LogP) is 4.78. The molecule has 0 heterocycles. The SMILES string of the molecule is CCOC(=O)CCCC(C)(CNC(=O)OCCCNC(=O)NCc1ccccc1)CC(C)(C)C. The van der Waals surface area contributed by atoms with Gasteiger partial charge in [0, 0.05) is 26.1 Å². The zero-order valence-corrected chi connectivity index (χ0v) is 21.5. The number of rotatable bonds is 14. The second-order valence-corrected chi connectivity index (χ2v) is 10.1. The molecule has 1 atom stereocenters. The lowest BCUT2D eigenvalue weighted by molar-refractivity contribution is -0.143. The lowest BCUT2D eigenvalue weighted by Gasteiger charge is -2.36. The maximum atomic E-state index is 12.2. The van der Waals surface area contributed by atoms with Crippen molar-refractivity contribution in [3.63, 3.8) is 0 Å². The van der Waals surface area contributed by atoms with Gasteiger partial charge in [0.2, 0.25) is 0 Å². The molecule has 0 aliphatic rings. The Morgan fingerprint density at radius 1 is 0.912 bits per heavy atom. The highest BCUT2D eigenvalue weighted by Gasteiger charge is 2.30. The van der Waals surface area contributed by atoms with Gasteiger partial charge in [0.25, 0.3) is 0 Å². The molecule has 8 nitrogen and oxygen atoms in total. The fourth-order valence-corrected chi connectivity index (χ4v) is 4.03. The number of amides is 3. The average molecular weight is 478 g/mol. The second-order valence-electron chi connectivity index (χ2n) is 10.1. The van der Waals surface area contributed by atoms with Crippen molar-refractivity contribution in [2.75, 3.05) is 26.3 Å². The maximum Gasteiger partial charge on any atom is 0.407 e. The fourth-order valence-electron chi connectivity index (χ4n) is 4.03. The van der Waals surface area contributed by atoms with Crippen LogP contribution in [0.25, 0.3) is 0 Å². The van der Waals surface area contributed by atoms with E-state index in [9.17, 15) is 14.4 Å². The Hall–Kier alpha value is -2.77. The fraction of sp³-hybridized carbons (Fsp3) is 0.654. The van der Waals surface area contributed by atoms with E-state index in [-0.39, 0.29) is 29.4 Å². The third-order valence-corrected chi connectivity index (χ3v) is 5.22. The number of urea groups is 1. The number of esters is 1. The van der Waals surface area contributed by atoms with E-state index in [0.717, 1.165) is 18.4 Å². The monoisotopic (exact) mass is 477 g/mol. The van der Waals surface area contributed by atoms with Gasteiger partial charge in [-0.1, -0.05) is 58.0 Å². The van der Waals surface area contributed by atoms with Crippen LogP contribution in [0.1, 0.15) is 72.3 Å². The van der Waals surface area contributed by atoms with Crippen LogP contribution in [0.15, 0.2) is 30.3 Å². The minimum atomic E-state index is -0.473. The second kappa shape index (κ2) is 15.2. The molecule has 1 aromatic carbocycles. The van der Waals surface area contributed by atoms with Crippen LogP contribution in [0.4, 0.5) is 9.59 Å². The summed E-state index contributed by atoms with van der Waals surface area (Å²) >= 11 is 0. The molecule has 1 aromatic rings. The Morgan fingerprint density at radius 2 is 1.62 bits per heavy atom. The molecular weight excluding hydrogens is 434 g/mol. The van der Waals surface area contributed by atoms with E-state index >= 15 is 0 Å². The van der Waals surface area contributed by atoms with Crippen LogP contribution in [0, 0.1) is 10.8 Å². The normalized spacial score (nSPS) is 12.9. The van der Waals surface area contributed by atoms with Crippen molar-refractivity contribution in [3.05, 3.63) is 35.9 Å². The topological polar surface area (TPSA) is 106 Å². The van der Waals surface area contributed by atoms with Gasteiger partial charge in [-0.3, -0.25) is 4.79 Å². The van der Waals surface area contributed by atoms with E-state index in [0.29, 0.717) is 45.5 Å². The quantitative estimate of drug-likeness (QED) is 0.264. The predicted molar refractivity (Wildman–Crippen MR) is 133 cm³/mol. The number of hydrogen-bond acceptors (Lipinski definition) is 5. The number of hydrogen-bond donors (Lipinski definition) is 3. The summed E-state index contributed by atoms with van der Waals surface area (Å²) < 4.78 is 10.3. The number of carbonyl (C=O) groups is 3. The largest absolute Gasteiger partial charge is 0.466 e. The highest BCUT2D eigenvalue weighted by atomic mass is 16.5. The molecule has 1 unspecified atom stereocenters. The van der Waals surface area contributed by atoms with Gasteiger partial charge in [-0.2, -0.15) is 0 Å². The number of carbonyl (C=O) groups excluding carboxylic acids is 3. The summed E-state index contributed by atoms with van der Waals surface area (Å²) in [7, 11) is 0. The van der Waals surface area contributed by atoms with Crippen LogP contribution >= 0.6 is 0 Å². The summed E-state index contributed by atoms with van der Waals surface area (Å²) in [6.07, 6.45) is 2.82. The van der Waals surface area contributed by atoms with Crippen molar-refractivity contribution >= 4 is 18.1 Å². The van der Waals surface area contributed by atoms with Crippen LogP contribution in [-0.2, 0) is 20.8 Å². The van der Waals surface area contributed by atoms with Crippen molar-refractivity contribution in [1.82, 2.24) is 16.0 Å². The summed E-state index contributed by atoms with van der Waals surface area (Å²) in [5.41, 5.74) is 0.941. The highest BCUT2D eigenvalue weighted by molar-refractivity contribution is 5.73. The summed E-state index contributed by atoms with van der Waals surface area (Å²) in [4.78, 5) is 35.7. The van der Waals surface area contributed by atoms with Crippen molar-refractivity contribution in [2.45, 2.75) is 73.3 Å². The first-order valence-corrected chi connectivity index (χ1v) is 12.1. The van der Waals surface area contributed by atoms with Gasteiger partial charge in [-0.05, 0) is 49.0 Å². The number of alkyl carbamates (subject to hydrolysis) is 1. The molecule has 0 aliphatic carbocycles. The van der Waals surface area contributed by atoms with Crippen LogP contribution in [0.2, 0.25) is 0 Å². The number of ether oxygens (including phenoxy) is 2. The van der Waals surface area contributed by atoms with Gasteiger partial charge in [-0.15, -0.1) is 0 Å². The number of benzene rings is 1. The summed E-state index contributed by atoms with van der Waals surface area (Å²) in [5, 5.41) is 8.41. The van der Waals surface area contributed by atoms with Gasteiger partial charge in [0.05, 0.1) is 13.2 Å². The molecule has 3 amide bonds. The molecule has 0 saturated carbocycles. The van der Waals surface area contributed by atoms with E-state index < -0.39 is 6.09 Å². The molecule has 0 bridgehead atoms. The standard InChI is InChI=1S/C26H43N3O5/c1-6-33-22(30)14-10-15-26(5,19-25(2,3)4)20-29-24(32)34-17-11-16-27-23(31)28-18-21-12-8-7-9-13-21/h7-9,12-13H,6,10-11,14-20H2,1-5H3,(H,29,32)(H2,27,28,31). The van der Waals surface area contributed by atoms with Gasteiger partial charge in [0.15, 0.2) is 0 Å². The molecule has 0 fully saturated rings. The van der Waals surface area contributed by atoms with E-state index in [1.54, 1.807) is 6.92 Å². The first-order chi connectivity index (χ1) is 16.0. The van der Waals surface area contributed by atoms with Crippen LogP contribution in [0.3, 0.4) is 0 Å². The summed E-state index contributed by atoms with van der Waals surface area (Å²) in [5.74, 6) is -0.185. The lowest BCUT2D eigenvalue weighted by atomic mass is 9.72. The molecule has 0 aliphatic heterocycles. The molecule has 1 rings (SSSR count). The first-order valence-electron chi connectivity index (χ1n) is 12.1. The Labute approximate surface area is 204 Å². The molecule has 34 heavy (non-hydrogen) atoms. The maximum absolute atomic E-state index is 12.2. The zero-order chi connectivity index (χ0) is 25.5. The third-order valence-electron chi connectivity index (χ3n) is 5.22. The summed E-state index contributed by atoms with van der Waals surface area (Å²) in [6, 6.07) is 9.41. The number of nitrogens with one attached hydrogen (secondary N) is 3. The molecular formula is C26H43N3O5. The van der Waals surface area contributed by atoms with Gasteiger partial charge in [-0.25, -0.2) is 9.59 Å². The van der Waals surface area contributed by atoms with E-state index in [2.05, 4.69) is 43.6 Å². The van der Waals surface area contributed by atoms with Crippen molar-refractivity contribution in [3.8, 4) is 0 Å². The highest BCUT2D eigenvalue weighted by Crippen LogP contribution is 2.37. The Morgan fingerprint density at radius 3 is 2.26 bits per heavy atom. The molecule has 0 aromatic heterocycles. The molecule has 8 heteroatoms. The van der Waals surface area contributed by atoms with Crippen LogP contribution in [0.5, 0.6) is 0 Å². The molecule has 3 N–H and O–H groups in total. The molecule has 192 valence electrons. The average Bonchev–Trinajstić information content (AvgIpc) is 2.76. The van der Waals surface area contributed by atoms with Gasteiger partial charge >= 0.3 is 18.1 Å². The summed E-state index contributed by atoms with van der Waals surface area (Å²) in [6.45, 7) is 12.3. The van der Waals surface area contributed by atoms with Gasteiger partial charge in [0.1, 0.15) is 0 Å². The van der Waals surface area contributed by atoms with Crippen LogP contribution < -0.4 is 16.0 Å². The molecule has 0 radical (unpaired) electrons. The zero-order valence-electron chi connectivity index (χ0n) is 21.5. The van der Waals surface area contributed by atoms with Gasteiger partial charge < -0.3 is 25.4 Å². The Kier molecular flexibility index (Phi) is 13.1. The Balaban J connectivity index is 2.28. The van der Waals surface area contributed by atoms with E-state index in [4.69, 9.17) is 9.47 Å². The minimum Gasteiger partial charge on any atom is -0.466 e. The Bertz CT molecular complexity index is 749. The molecule has 0 saturated heterocycles. The van der Waals surface area contributed by atoms with Crippen LogP contribution in [-0.4, -0.2) is 44.4 Å². The smallest absolute Gasteiger partial charge is 0.407 e.